The molecular formula is C17H24N4OS2. The molecule has 2 aromatic heterocycles. The quantitative estimate of drug-likeness (QED) is 0.799. The lowest BCUT2D eigenvalue weighted by molar-refractivity contribution is -0.119. The first kappa shape index (κ1) is 17.5. The van der Waals surface area contributed by atoms with Gasteiger partial charge in [0.05, 0.1) is 5.75 Å². The van der Waals surface area contributed by atoms with E-state index in [0.717, 1.165) is 23.8 Å². The lowest BCUT2D eigenvalue weighted by Gasteiger charge is -2.29. The van der Waals surface area contributed by atoms with Gasteiger partial charge < -0.3 is 9.88 Å². The molecule has 3 rings (SSSR count). The maximum Gasteiger partial charge on any atom is 0.230 e. The van der Waals surface area contributed by atoms with E-state index in [1.54, 1.807) is 11.3 Å². The molecule has 2 atom stereocenters. The Hall–Kier alpha value is -1.34. The third-order valence-corrected chi connectivity index (χ3v) is 6.52. The molecule has 1 aliphatic rings. The van der Waals surface area contributed by atoms with Gasteiger partial charge in [-0.2, -0.15) is 0 Å². The van der Waals surface area contributed by atoms with Crippen LogP contribution in [0.5, 0.6) is 0 Å². The molecule has 1 N–H and O–H groups in total. The standard InChI is InChI=1S/C17H24N4OS2/c1-12-6-3-4-8-14(12)18-16(22)11-24-17-20-19-15(21(17)2)10-13-7-5-9-23-13/h5,7,9,12,14H,3-4,6,8,10-11H2,1-2H3,(H,18,22)/t12-,14-/m1/s1. The van der Waals surface area contributed by atoms with Crippen LogP contribution in [-0.4, -0.2) is 32.5 Å². The zero-order valence-corrected chi connectivity index (χ0v) is 15.8. The monoisotopic (exact) mass is 364 g/mol. The summed E-state index contributed by atoms with van der Waals surface area (Å²) in [7, 11) is 1.96. The highest BCUT2D eigenvalue weighted by Crippen LogP contribution is 2.24. The number of thioether (sulfide) groups is 1. The second-order valence-electron chi connectivity index (χ2n) is 6.44. The molecule has 1 amide bonds. The van der Waals surface area contributed by atoms with E-state index in [1.165, 1.54) is 35.9 Å². The number of nitrogens with one attached hydrogen (secondary N) is 1. The molecule has 2 heterocycles. The van der Waals surface area contributed by atoms with Gasteiger partial charge >= 0.3 is 0 Å². The lowest BCUT2D eigenvalue weighted by Crippen LogP contribution is -2.41. The van der Waals surface area contributed by atoms with Gasteiger partial charge in [0.25, 0.3) is 0 Å². The topological polar surface area (TPSA) is 59.8 Å². The van der Waals surface area contributed by atoms with Crippen molar-refractivity contribution in [1.29, 1.82) is 0 Å². The first-order chi connectivity index (χ1) is 11.6. The normalized spacial score (nSPS) is 20.9. The van der Waals surface area contributed by atoms with E-state index in [9.17, 15) is 4.79 Å². The summed E-state index contributed by atoms with van der Waals surface area (Å²) in [6, 6.07) is 4.48. The molecule has 0 radical (unpaired) electrons. The van der Waals surface area contributed by atoms with Crippen molar-refractivity contribution < 1.29 is 4.79 Å². The first-order valence-corrected chi connectivity index (χ1v) is 10.3. The molecule has 0 aromatic carbocycles. The molecule has 0 bridgehead atoms. The van der Waals surface area contributed by atoms with E-state index in [1.807, 2.05) is 17.7 Å². The number of carbonyl (C=O) groups excluding carboxylic acids is 1. The van der Waals surface area contributed by atoms with E-state index in [-0.39, 0.29) is 5.91 Å². The summed E-state index contributed by atoms with van der Waals surface area (Å²) >= 11 is 3.18. The van der Waals surface area contributed by atoms with Gasteiger partial charge in [-0.15, -0.1) is 21.5 Å². The van der Waals surface area contributed by atoms with Crippen molar-refractivity contribution in [2.45, 2.75) is 50.2 Å². The summed E-state index contributed by atoms with van der Waals surface area (Å²) in [6.45, 7) is 2.23. The Kier molecular flexibility index (Phi) is 5.94. The van der Waals surface area contributed by atoms with Gasteiger partial charge in [-0.05, 0) is 30.2 Å². The predicted molar refractivity (Wildman–Crippen MR) is 98.4 cm³/mol. The van der Waals surface area contributed by atoms with Crippen LogP contribution in [0.4, 0.5) is 0 Å². The van der Waals surface area contributed by atoms with Crippen molar-refractivity contribution in [1.82, 2.24) is 20.1 Å². The number of hydrogen-bond acceptors (Lipinski definition) is 5. The summed E-state index contributed by atoms with van der Waals surface area (Å²) in [5, 5.41) is 14.5. The number of aromatic nitrogens is 3. The average molecular weight is 365 g/mol. The fourth-order valence-electron chi connectivity index (χ4n) is 3.10. The Morgan fingerprint density at radius 1 is 1.42 bits per heavy atom. The van der Waals surface area contributed by atoms with Crippen molar-refractivity contribution in [2.24, 2.45) is 13.0 Å². The zero-order valence-electron chi connectivity index (χ0n) is 14.2. The Labute approximate surface area is 151 Å². The number of hydrogen-bond donors (Lipinski definition) is 1. The van der Waals surface area contributed by atoms with E-state index in [4.69, 9.17) is 0 Å². The van der Waals surface area contributed by atoms with Gasteiger partial charge in [-0.25, -0.2) is 0 Å². The van der Waals surface area contributed by atoms with Crippen LogP contribution >= 0.6 is 23.1 Å². The fourth-order valence-corrected chi connectivity index (χ4v) is 4.55. The van der Waals surface area contributed by atoms with Gasteiger partial charge in [-0.1, -0.05) is 37.6 Å². The summed E-state index contributed by atoms with van der Waals surface area (Å²) in [6.07, 6.45) is 5.61. The van der Waals surface area contributed by atoms with E-state index in [0.29, 0.717) is 17.7 Å². The summed E-state index contributed by atoms with van der Waals surface area (Å²) in [5.41, 5.74) is 0. The van der Waals surface area contributed by atoms with Crippen LogP contribution in [0.15, 0.2) is 22.7 Å². The Balaban J connectivity index is 1.51. The van der Waals surface area contributed by atoms with Crippen LogP contribution < -0.4 is 5.32 Å². The van der Waals surface area contributed by atoms with Crippen molar-refractivity contribution >= 4 is 29.0 Å². The van der Waals surface area contributed by atoms with E-state index >= 15 is 0 Å². The molecule has 5 nitrogen and oxygen atoms in total. The molecule has 0 saturated heterocycles. The van der Waals surface area contributed by atoms with Crippen LogP contribution in [0.1, 0.15) is 43.3 Å². The highest BCUT2D eigenvalue weighted by molar-refractivity contribution is 7.99. The number of nitrogens with zero attached hydrogens (tertiary/aromatic N) is 3. The number of amides is 1. The van der Waals surface area contributed by atoms with Crippen LogP contribution in [-0.2, 0) is 18.3 Å². The SMILES string of the molecule is C[C@@H]1CCCC[C@H]1NC(=O)CSc1nnc(Cc2cccs2)n1C. The largest absolute Gasteiger partial charge is 0.352 e. The summed E-state index contributed by atoms with van der Waals surface area (Å²) < 4.78 is 1.99. The van der Waals surface area contributed by atoms with Crippen LogP contribution in [0, 0.1) is 5.92 Å². The maximum absolute atomic E-state index is 12.2. The molecule has 24 heavy (non-hydrogen) atoms. The second kappa shape index (κ2) is 8.16. The lowest BCUT2D eigenvalue weighted by atomic mass is 9.86. The van der Waals surface area contributed by atoms with Crippen molar-refractivity contribution in [3.05, 3.63) is 28.2 Å². The fraction of sp³-hybridized carbons (Fsp3) is 0.588. The summed E-state index contributed by atoms with van der Waals surface area (Å²) in [5.74, 6) is 2.01. The Morgan fingerprint density at radius 2 is 2.25 bits per heavy atom. The van der Waals surface area contributed by atoms with Crippen LogP contribution in [0.25, 0.3) is 0 Å². The number of thiophene rings is 1. The maximum atomic E-state index is 12.2. The number of rotatable bonds is 6. The highest BCUT2D eigenvalue weighted by atomic mass is 32.2. The molecular weight excluding hydrogens is 340 g/mol. The zero-order chi connectivity index (χ0) is 16.9. The first-order valence-electron chi connectivity index (χ1n) is 8.46. The van der Waals surface area contributed by atoms with E-state index in [2.05, 4.69) is 33.9 Å². The molecule has 1 saturated carbocycles. The number of carbonyl (C=O) groups is 1. The second-order valence-corrected chi connectivity index (χ2v) is 8.41. The van der Waals surface area contributed by atoms with Crippen molar-refractivity contribution in [2.75, 3.05) is 5.75 Å². The van der Waals surface area contributed by atoms with Gasteiger partial charge in [-0.3, -0.25) is 4.79 Å². The molecule has 0 aliphatic heterocycles. The molecule has 7 heteroatoms. The highest BCUT2D eigenvalue weighted by Gasteiger charge is 2.23. The van der Waals surface area contributed by atoms with Crippen LogP contribution in [0.2, 0.25) is 0 Å². The summed E-state index contributed by atoms with van der Waals surface area (Å²) in [4.78, 5) is 13.5. The molecule has 1 aliphatic carbocycles. The predicted octanol–water partition coefficient (Wildman–Crippen LogP) is 3.25. The molecule has 1 fully saturated rings. The average Bonchev–Trinajstić information content (AvgIpc) is 3.19. The van der Waals surface area contributed by atoms with Gasteiger partial charge in [0.15, 0.2) is 5.16 Å². The van der Waals surface area contributed by atoms with E-state index < -0.39 is 0 Å². The molecule has 0 unspecified atom stereocenters. The molecule has 2 aromatic rings. The third-order valence-electron chi connectivity index (χ3n) is 4.63. The van der Waals surface area contributed by atoms with Gasteiger partial charge in [0.1, 0.15) is 5.82 Å². The van der Waals surface area contributed by atoms with Gasteiger partial charge in [0.2, 0.25) is 5.91 Å². The third kappa shape index (κ3) is 4.39. The minimum Gasteiger partial charge on any atom is -0.352 e. The van der Waals surface area contributed by atoms with Crippen molar-refractivity contribution in [3.8, 4) is 0 Å². The van der Waals surface area contributed by atoms with Crippen molar-refractivity contribution in [3.63, 3.8) is 0 Å². The van der Waals surface area contributed by atoms with Crippen LogP contribution in [0.3, 0.4) is 0 Å². The minimum absolute atomic E-state index is 0.0987. The van der Waals surface area contributed by atoms with Gasteiger partial charge in [0, 0.05) is 24.4 Å². The molecule has 130 valence electrons. The minimum atomic E-state index is 0.0987. The smallest absolute Gasteiger partial charge is 0.230 e. The Bertz CT molecular complexity index is 668. The molecule has 0 spiro atoms. The Morgan fingerprint density at radius 3 is 3.00 bits per heavy atom.